The molecule has 1 unspecified atom stereocenters. The van der Waals surface area contributed by atoms with Gasteiger partial charge in [-0.1, -0.05) is 31.2 Å². The lowest BCUT2D eigenvalue weighted by atomic mass is 10.1. The fourth-order valence-corrected chi connectivity index (χ4v) is 1.54. The molecule has 1 aromatic carbocycles. The van der Waals surface area contributed by atoms with Crippen LogP contribution in [0.1, 0.15) is 18.9 Å². The normalized spacial score (nSPS) is 12.1. The van der Waals surface area contributed by atoms with E-state index in [9.17, 15) is 0 Å². The maximum Gasteiger partial charge on any atom is 0.122 e. The van der Waals surface area contributed by atoms with Gasteiger partial charge in [-0.15, -0.1) is 6.58 Å². The van der Waals surface area contributed by atoms with Crippen LogP contribution in [0.4, 0.5) is 0 Å². The molecule has 0 spiro atoms. The molecule has 1 rings (SSSR count). The maximum atomic E-state index is 8.26. The number of rotatable bonds is 8. The average molecular weight is 236 g/mol. The first-order valence-electron chi connectivity index (χ1n) is 5.86. The molecule has 0 radical (unpaired) electrons. The third kappa shape index (κ3) is 5.02. The van der Waals surface area contributed by atoms with E-state index in [-0.39, 0.29) is 0 Å². The summed E-state index contributed by atoms with van der Waals surface area (Å²) in [7, 11) is 0. The van der Waals surface area contributed by atoms with Gasteiger partial charge in [0, 0.05) is 0 Å². The molecule has 17 heavy (non-hydrogen) atoms. The monoisotopic (exact) mass is 236 g/mol. The van der Waals surface area contributed by atoms with Gasteiger partial charge in [-0.05, 0) is 30.4 Å². The van der Waals surface area contributed by atoms with Crippen molar-refractivity contribution in [2.75, 3.05) is 13.2 Å². The molecule has 1 N–H and O–H groups in total. The van der Waals surface area contributed by atoms with E-state index in [0.717, 1.165) is 24.2 Å². The van der Waals surface area contributed by atoms with Gasteiger partial charge in [-0.2, -0.15) is 0 Å². The highest BCUT2D eigenvalue weighted by Crippen LogP contribution is 2.19. The van der Waals surface area contributed by atoms with Gasteiger partial charge in [-0.3, -0.25) is 5.26 Å². The molecule has 0 amide bonds. The zero-order chi connectivity index (χ0) is 12.5. The predicted molar refractivity (Wildman–Crippen MR) is 68.2 cm³/mol. The Morgan fingerprint density at radius 2 is 2.18 bits per heavy atom. The molecule has 1 aromatic rings. The number of allylic oxidation sites excluding steroid dienone is 1. The molecule has 0 bridgehead atoms. The smallest absolute Gasteiger partial charge is 0.122 e. The summed E-state index contributed by atoms with van der Waals surface area (Å²) in [5.74, 6) is 1.25. The van der Waals surface area contributed by atoms with Crippen LogP contribution in [-0.4, -0.2) is 18.5 Å². The van der Waals surface area contributed by atoms with E-state index in [1.54, 1.807) is 0 Å². The third-order valence-electron chi connectivity index (χ3n) is 2.56. The first-order valence-corrected chi connectivity index (χ1v) is 5.86. The first kappa shape index (κ1) is 13.7. The molecule has 0 fully saturated rings. The molecule has 0 aromatic heterocycles. The Morgan fingerprint density at radius 1 is 1.41 bits per heavy atom. The van der Waals surface area contributed by atoms with Crippen molar-refractivity contribution in [1.29, 1.82) is 0 Å². The minimum absolute atomic E-state index is 0.346. The van der Waals surface area contributed by atoms with Crippen molar-refractivity contribution in [3.05, 3.63) is 42.5 Å². The van der Waals surface area contributed by atoms with Crippen molar-refractivity contribution in [1.82, 2.24) is 0 Å². The van der Waals surface area contributed by atoms with Gasteiger partial charge in [0.2, 0.25) is 0 Å². The minimum atomic E-state index is 0.346. The van der Waals surface area contributed by atoms with Gasteiger partial charge in [0.05, 0.1) is 13.2 Å². The molecule has 0 aliphatic carbocycles. The van der Waals surface area contributed by atoms with E-state index in [2.05, 4.69) is 18.4 Å². The number of hydrogen-bond acceptors (Lipinski definition) is 3. The Bertz CT molecular complexity index is 336. The average Bonchev–Trinajstić information content (AvgIpc) is 2.35. The Kier molecular flexibility index (Phi) is 6.37. The van der Waals surface area contributed by atoms with Crippen molar-refractivity contribution in [2.45, 2.75) is 19.8 Å². The van der Waals surface area contributed by atoms with E-state index in [0.29, 0.717) is 19.1 Å². The van der Waals surface area contributed by atoms with Crippen LogP contribution < -0.4 is 4.74 Å². The van der Waals surface area contributed by atoms with E-state index in [1.165, 1.54) is 0 Å². The Hall–Kier alpha value is -1.32. The zero-order valence-electron chi connectivity index (χ0n) is 10.3. The highest BCUT2D eigenvalue weighted by Gasteiger charge is 2.06. The molecule has 1 atom stereocenters. The quantitative estimate of drug-likeness (QED) is 0.427. The summed E-state index contributed by atoms with van der Waals surface area (Å²) in [4.78, 5) is 4.06. The number of benzene rings is 1. The fourth-order valence-electron chi connectivity index (χ4n) is 1.54. The van der Waals surface area contributed by atoms with Crippen LogP contribution in [0.5, 0.6) is 5.75 Å². The molecular formula is C14H20O3. The van der Waals surface area contributed by atoms with Crippen LogP contribution in [0, 0.1) is 5.92 Å². The summed E-state index contributed by atoms with van der Waals surface area (Å²) in [5.41, 5.74) is 1.15. The summed E-state index contributed by atoms with van der Waals surface area (Å²) in [6.45, 7) is 6.77. The fraction of sp³-hybridized carbons (Fsp3) is 0.429. The largest absolute Gasteiger partial charge is 0.493 e. The van der Waals surface area contributed by atoms with Crippen LogP contribution in [0.3, 0.4) is 0 Å². The lowest BCUT2D eigenvalue weighted by Crippen LogP contribution is -2.11. The van der Waals surface area contributed by atoms with E-state index >= 15 is 0 Å². The van der Waals surface area contributed by atoms with E-state index in [1.807, 2.05) is 30.3 Å². The second-order valence-electron chi connectivity index (χ2n) is 4.14. The van der Waals surface area contributed by atoms with Gasteiger partial charge in [0.15, 0.2) is 0 Å². The van der Waals surface area contributed by atoms with E-state index in [4.69, 9.17) is 9.99 Å². The summed E-state index contributed by atoms with van der Waals surface area (Å²) < 4.78 is 5.76. The topological polar surface area (TPSA) is 38.7 Å². The lowest BCUT2D eigenvalue weighted by Gasteiger charge is -2.14. The first-order chi connectivity index (χ1) is 8.27. The molecule has 3 heteroatoms. The summed E-state index contributed by atoms with van der Waals surface area (Å²) in [5, 5.41) is 8.26. The van der Waals surface area contributed by atoms with Crippen molar-refractivity contribution in [3.63, 3.8) is 0 Å². The maximum absolute atomic E-state index is 8.26. The molecular weight excluding hydrogens is 216 g/mol. The number of para-hydroxylation sites is 1. The summed E-state index contributed by atoms with van der Waals surface area (Å²) in [6.07, 6.45) is 3.45. The molecule has 0 aliphatic rings. The number of hydrogen-bond donors (Lipinski definition) is 1. The Labute approximate surface area is 103 Å². The van der Waals surface area contributed by atoms with Gasteiger partial charge in [0.25, 0.3) is 0 Å². The second kappa shape index (κ2) is 7.87. The highest BCUT2D eigenvalue weighted by atomic mass is 17.1. The van der Waals surface area contributed by atoms with E-state index < -0.39 is 0 Å². The lowest BCUT2D eigenvalue weighted by molar-refractivity contribution is -0.244. The van der Waals surface area contributed by atoms with Crippen molar-refractivity contribution >= 4 is 0 Å². The summed E-state index contributed by atoms with van der Waals surface area (Å²) >= 11 is 0. The predicted octanol–water partition coefficient (Wildman–Crippen LogP) is 3.31. The SMILES string of the molecule is C=CCc1ccccc1OCC(C)CCOO. The van der Waals surface area contributed by atoms with Crippen molar-refractivity contribution < 1.29 is 14.9 Å². The summed E-state index contributed by atoms with van der Waals surface area (Å²) in [6, 6.07) is 7.96. The van der Waals surface area contributed by atoms with Crippen LogP contribution in [0.2, 0.25) is 0 Å². The van der Waals surface area contributed by atoms with Crippen LogP contribution in [-0.2, 0) is 11.3 Å². The van der Waals surface area contributed by atoms with Crippen molar-refractivity contribution in [2.24, 2.45) is 5.92 Å². The number of ether oxygens (including phenoxy) is 1. The molecule has 3 nitrogen and oxygen atoms in total. The van der Waals surface area contributed by atoms with Crippen LogP contribution >= 0.6 is 0 Å². The van der Waals surface area contributed by atoms with Gasteiger partial charge < -0.3 is 4.74 Å². The standard InChI is InChI=1S/C14H20O3/c1-3-6-13-7-4-5-8-14(13)16-11-12(2)9-10-17-15/h3-5,7-8,12,15H,1,6,9-11H2,2H3. The van der Waals surface area contributed by atoms with Crippen molar-refractivity contribution in [3.8, 4) is 5.75 Å². The van der Waals surface area contributed by atoms with Gasteiger partial charge >= 0.3 is 0 Å². The molecule has 0 heterocycles. The Morgan fingerprint density at radius 3 is 2.88 bits per heavy atom. The third-order valence-corrected chi connectivity index (χ3v) is 2.56. The minimum Gasteiger partial charge on any atom is -0.493 e. The second-order valence-corrected chi connectivity index (χ2v) is 4.14. The highest BCUT2D eigenvalue weighted by molar-refractivity contribution is 5.34. The molecule has 0 saturated heterocycles. The van der Waals surface area contributed by atoms with Gasteiger partial charge in [-0.25, -0.2) is 4.89 Å². The van der Waals surface area contributed by atoms with Gasteiger partial charge in [0.1, 0.15) is 5.75 Å². The Balaban J connectivity index is 2.47. The molecule has 0 aliphatic heterocycles. The molecule has 94 valence electrons. The zero-order valence-corrected chi connectivity index (χ0v) is 10.3. The van der Waals surface area contributed by atoms with Crippen LogP contribution in [0.25, 0.3) is 0 Å². The van der Waals surface area contributed by atoms with Crippen LogP contribution in [0.15, 0.2) is 36.9 Å². The molecule has 0 saturated carbocycles.